The van der Waals surface area contributed by atoms with E-state index in [2.05, 4.69) is 0 Å². The van der Waals surface area contributed by atoms with Crippen molar-refractivity contribution in [2.75, 3.05) is 7.05 Å². The lowest BCUT2D eigenvalue weighted by molar-refractivity contribution is 0.426. The molecular weight excluding hydrogens is 268 g/mol. The predicted octanol–water partition coefficient (Wildman–Crippen LogP) is 2.01. The van der Waals surface area contributed by atoms with Crippen molar-refractivity contribution in [1.29, 1.82) is 0 Å². The van der Waals surface area contributed by atoms with Crippen LogP contribution < -0.4 is 5.73 Å². The summed E-state index contributed by atoms with van der Waals surface area (Å²) in [7, 11) is 1.91. The Hall–Kier alpha value is -0.260. The van der Waals surface area contributed by atoms with Crippen LogP contribution in [0.3, 0.4) is 0 Å². The molecule has 4 atom stereocenters. The number of nitrogens with two attached hydrogens (primary N) is 1. The number of hydrogen-bond acceptors (Lipinski definition) is 3. The second-order valence-electron chi connectivity index (χ2n) is 5.40. The fourth-order valence-electron chi connectivity index (χ4n) is 3.14. The van der Waals surface area contributed by atoms with Crippen molar-refractivity contribution in [3.63, 3.8) is 0 Å². The summed E-state index contributed by atoms with van der Waals surface area (Å²) in [5, 5.41) is 0.713. The highest BCUT2D eigenvalue weighted by atomic mass is 35.5. The molecule has 0 aromatic heterocycles. The van der Waals surface area contributed by atoms with Crippen LogP contribution in [0.4, 0.5) is 0 Å². The summed E-state index contributed by atoms with van der Waals surface area (Å²) in [6.45, 7) is 2.71. The summed E-state index contributed by atoms with van der Waals surface area (Å²) < 4.78 is 14.3. The van der Waals surface area contributed by atoms with Crippen LogP contribution in [-0.2, 0) is 22.7 Å². The summed E-state index contributed by atoms with van der Waals surface area (Å²) in [5.41, 5.74) is 8.39. The van der Waals surface area contributed by atoms with E-state index in [4.69, 9.17) is 17.3 Å². The Morgan fingerprint density at radius 3 is 2.94 bits per heavy atom. The molecule has 0 saturated heterocycles. The highest BCUT2D eigenvalue weighted by Crippen LogP contribution is 2.62. The summed E-state index contributed by atoms with van der Waals surface area (Å²) in [4.78, 5) is 0. The van der Waals surface area contributed by atoms with E-state index in [1.54, 1.807) is 0 Å². The molecule has 1 aliphatic carbocycles. The topological polar surface area (TPSA) is 52.3 Å². The van der Waals surface area contributed by atoms with Crippen LogP contribution in [0.1, 0.15) is 24.5 Å². The van der Waals surface area contributed by atoms with E-state index in [9.17, 15) is 4.55 Å². The lowest BCUT2D eigenvalue weighted by atomic mass is 9.99. The van der Waals surface area contributed by atoms with Gasteiger partial charge in [0, 0.05) is 36.0 Å². The minimum atomic E-state index is -1.01. The van der Waals surface area contributed by atoms with E-state index in [1.807, 2.05) is 36.5 Å². The van der Waals surface area contributed by atoms with Crippen molar-refractivity contribution in [1.82, 2.24) is 4.31 Å². The van der Waals surface area contributed by atoms with E-state index < -0.39 is 11.4 Å². The number of benzene rings is 1. The van der Waals surface area contributed by atoms with Gasteiger partial charge in [0.15, 0.2) is 4.75 Å². The highest BCUT2D eigenvalue weighted by Gasteiger charge is 2.70. The van der Waals surface area contributed by atoms with Gasteiger partial charge in [-0.3, -0.25) is 0 Å². The molecule has 3 nitrogen and oxygen atoms in total. The lowest BCUT2D eigenvalue weighted by Crippen LogP contribution is -2.43. The zero-order valence-electron chi connectivity index (χ0n) is 10.5. The third-order valence-electron chi connectivity index (χ3n) is 4.11. The van der Waals surface area contributed by atoms with Gasteiger partial charge in [0.2, 0.25) is 0 Å². The van der Waals surface area contributed by atoms with Crippen LogP contribution in [0.15, 0.2) is 18.2 Å². The number of nitrogens with zero attached hydrogens (tertiary/aromatic N) is 1. The van der Waals surface area contributed by atoms with Crippen LogP contribution >= 0.6 is 11.6 Å². The predicted molar refractivity (Wildman–Crippen MR) is 74.5 cm³/mol. The Balaban J connectivity index is 2.11. The molecule has 0 amide bonds. The first kappa shape index (κ1) is 12.8. The minimum Gasteiger partial charge on any atom is -0.597 e. The van der Waals surface area contributed by atoms with Crippen molar-refractivity contribution in [3.8, 4) is 0 Å². The highest BCUT2D eigenvalue weighted by molar-refractivity contribution is 7.90. The van der Waals surface area contributed by atoms with Crippen LogP contribution in [0, 0.1) is 5.92 Å². The molecule has 1 fully saturated rings. The molecule has 4 unspecified atom stereocenters. The molecule has 2 N–H and O–H groups in total. The van der Waals surface area contributed by atoms with Gasteiger partial charge in [-0.2, -0.15) is 0 Å². The van der Waals surface area contributed by atoms with Gasteiger partial charge in [-0.05, 0) is 24.6 Å². The maximum atomic E-state index is 12.6. The molecule has 1 saturated carbocycles. The molecule has 98 valence electrons. The number of fused-ring (bicyclic) bond motifs is 2. The minimum absolute atomic E-state index is 0.0623. The lowest BCUT2D eigenvalue weighted by Gasteiger charge is -2.35. The molecule has 0 bridgehead atoms. The molecule has 3 rings (SSSR count). The van der Waals surface area contributed by atoms with Crippen LogP contribution in [0.2, 0.25) is 5.02 Å². The van der Waals surface area contributed by atoms with Crippen molar-refractivity contribution in [2.24, 2.45) is 11.7 Å². The van der Waals surface area contributed by atoms with Gasteiger partial charge in [-0.15, -0.1) is 4.31 Å². The van der Waals surface area contributed by atoms with E-state index in [0.29, 0.717) is 17.5 Å². The fraction of sp³-hybridized carbons (Fsp3) is 0.538. The third kappa shape index (κ3) is 1.63. The average molecular weight is 285 g/mol. The molecule has 1 heterocycles. The smallest absolute Gasteiger partial charge is 0.175 e. The molecule has 1 aromatic carbocycles. The first-order valence-corrected chi connectivity index (χ1v) is 7.63. The van der Waals surface area contributed by atoms with E-state index in [0.717, 1.165) is 12.0 Å². The monoisotopic (exact) mass is 284 g/mol. The van der Waals surface area contributed by atoms with E-state index >= 15 is 0 Å². The van der Waals surface area contributed by atoms with Crippen molar-refractivity contribution in [3.05, 3.63) is 34.3 Å². The van der Waals surface area contributed by atoms with Crippen LogP contribution in [-0.4, -0.2) is 21.9 Å². The largest absolute Gasteiger partial charge is 0.597 e. The standard InChI is InChI=1S/C13H17ClN2OS/c1-8(15)12-6-13(12)11-5-10(14)4-3-9(11)7-16(2)18(13)17/h3-5,8,12H,6-7,15H2,1-2H3. The molecular formula is C13H17ClN2OS. The molecule has 1 aromatic rings. The zero-order valence-corrected chi connectivity index (χ0v) is 12.1. The van der Waals surface area contributed by atoms with Gasteiger partial charge in [0.1, 0.15) is 0 Å². The third-order valence-corrected chi connectivity index (χ3v) is 6.36. The Bertz CT molecular complexity index is 496. The summed E-state index contributed by atoms with van der Waals surface area (Å²) in [5.74, 6) is 0.290. The second-order valence-corrected chi connectivity index (χ2v) is 7.68. The van der Waals surface area contributed by atoms with Gasteiger partial charge < -0.3 is 10.3 Å². The van der Waals surface area contributed by atoms with Gasteiger partial charge in [-0.25, -0.2) is 0 Å². The normalized spacial score (nSPS) is 36.5. The molecule has 5 heteroatoms. The SMILES string of the molecule is CC(N)C1CC12c1cc(Cl)ccc1CN(C)[S+]2[O-]. The van der Waals surface area contributed by atoms with Crippen molar-refractivity contribution in [2.45, 2.75) is 30.7 Å². The van der Waals surface area contributed by atoms with E-state index in [-0.39, 0.29) is 10.8 Å². The molecule has 1 aliphatic heterocycles. The average Bonchev–Trinajstić information content (AvgIpc) is 3.05. The number of halogens is 1. The molecule has 0 radical (unpaired) electrons. The molecule has 18 heavy (non-hydrogen) atoms. The van der Waals surface area contributed by atoms with Gasteiger partial charge >= 0.3 is 0 Å². The first-order chi connectivity index (χ1) is 8.46. The Morgan fingerprint density at radius 2 is 2.33 bits per heavy atom. The summed E-state index contributed by atoms with van der Waals surface area (Å²) in [6, 6.07) is 5.99. The van der Waals surface area contributed by atoms with Crippen LogP contribution in [0.5, 0.6) is 0 Å². The quantitative estimate of drug-likeness (QED) is 0.803. The summed E-state index contributed by atoms with van der Waals surface area (Å²) in [6.07, 6.45) is 0.898. The Kier molecular flexibility index (Phi) is 2.92. The molecule has 2 aliphatic rings. The second kappa shape index (κ2) is 4.12. The van der Waals surface area contributed by atoms with Crippen molar-refractivity contribution < 1.29 is 4.55 Å². The van der Waals surface area contributed by atoms with Gasteiger partial charge in [-0.1, -0.05) is 17.7 Å². The van der Waals surface area contributed by atoms with Crippen LogP contribution in [0.25, 0.3) is 0 Å². The van der Waals surface area contributed by atoms with Crippen molar-refractivity contribution >= 4 is 23.0 Å². The zero-order chi connectivity index (χ0) is 13.1. The molecule has 1 spiro atoms. The van der Waals surface area contributed by atoms with E-state index in [1.165, 1.54) is 5.56 Å². The Morgan fingerprint density at radius 1 is 1.61 bits per heavy atom. The summed E-state index contributed by atoms with van der Waals surface area (Å²) >= 11 is 5.09. The maximum absolute atomic E-state index is 12.6. The maximum Gasteiger partial charge on any atom is 0.175 e. The number of hydrogen-bond donors (Lipinski definition) is 1. The number of rotatable bonds is 1. The Labute approximate surface area is 116 Å². The van der Waals surface area contributed by atoms with Gasteiger partial charge in [0.25, 0.3) is 0 Å². The first-order valence-electron chi connectivity index (χ1n) is 6.14. The van der Waals surface area contributed by atoms with Gasteiger partial charge in [0.05, 0.1) is 17.9 Å². The fourth-order valence-corrected chi connectivity index (χ4v) is 5.30.